The largest absolute Gasteiger partial charge is 0.355 e. The maximum atomic E-state index is 12.3. The summed E-state index contributed by atoms with van der Waals surface area (Å²) in [7, 11) is 0. The maximum Gasteiger partial charge on any atom is 0.230 e. The first-order chi connectivity index (χ1) is 14.1. The topological polar surface area (TPSA) is 59.8 Å². The molecular weight excluding hydrogens is 400 g/mol. The van der Waals surface area contributed by atoms with E-state index in [2.05, 4.69) is 42.3 Å². The van der Waals surface area contributed by atoms with Crippen molar-refractivity contribution in [3.63, 3.8) is 0 Å². The zero-order chi connectivity index (χ0) is 20.2. The van der Waals surface area contributed by atoms with Gasteiger partial charge in [-0.05, 0) is 62.8 Å². The lowest BCUT2D eigenvalue weighted by Gasteiger charge is -2.10. The van der Waals surface area contributed by atoms with Gasteiger partial charge in [-0.25, -0.2) is 9.97 Å². The molecule has 1 aromatic carbocycles. The molecule has 0 unspecified atom stereocenters. The lowest BCUT2D eigenvalue weighted by molar-refractivity contribution is -0.118. The van der Waals surface area contributed by atoms with Gasteiger partial charge in [-0.2, -0.15) is 0 Å². The van der Waals surface area contributed by atoms with E-state index in [1.165, 1.54) is 52.7 Å². The van der Waals surface area contributed by atoms with E-state index < -0.39 is 0 Å². The number of nitrogens with zero attached hydrogens (tertiary/aromatic N) is 3. The van der Waals surface area contributed by atoms with Gasteiger partial charge in [0, 0.05) is 35.9 Å². The van der Waals surface area contributed by atoms with Crippen molar-refractivity contribution >= 4 is 29.0 Å². The van der Waals surface area contributed by atoms with Gasteiger partial charge in [-0.1, -0.05) is 17.8 Å². The summed E-state index contributed by atoms with van der Waals surface area (Å²) in [5.74, 6) is 0.391. The van der Waals surface area contributed by atoms with Crippen LogP contribution in [-0.4, -0.2) is 32.7 Å². The fraction of sp³-hybridized carbons (Fsp3) is 0.409. The van der Waals surface area contributed by atoms with Crippen molar-refractivity contribution in [1.82, 2.24) is 19.9 Å². The van der Waals surface area contributed by atoms with E-state index in [0.29, 0.717) is 12.3 Å². The lowest BCUT2D eigenvalue weighted by Crippen LogP contribution is -2.27. The number of nitrogens with one attached hydrogen (secondary N) is 1. The monoisotopic (exact) mass is 426 g/mol. The standard InChI is InChI=1S/C22H26N4OS2/c1-15-11-16(2)13-17(12-15)26-10-9-24-22(26)28-14-20(27)23-8-7-21-25-18-5-3-4-6-19(18)29-21/h9-13H,3-8,14H2,1-2H3,(H,23,27). The third-order valence-corrected chi connectivity index (χ3v) is 7.16. The molecule has 0 aliphatic heterocycles. The van der Waals surface area contributed by atoms with Crippen LogP contribution in [0.15, 0.2) is 35.7 Å². The van der Waals surface area contributed by atoms with Crippen molar-refractivity contribution in [2.24, 2.45) is 0 Å². The minimum absolute atomic E-state index is 0.0336. The quantitative estimate of drug-likeness (QED) is 0.573. The molecule has 0 spiro atoms. The van der Waals surface area contributed by atoms with E-state index >= 15 is 0 Å². The molecule has 1 aliphatic carbocycles. The summed E-state index contributed by atoms with van der Waals surface area (Å²) in [4.78, 5) is 22.9. The van der Waals surface area contributed by atoms with Crippen LogP contribution in [0.5, 0.6) is 0 Å². The fourth-order valence-corrected chi connectivity index (χ4v) is 5.64. The van der Waals surface area contributed by atoms with Crippen LogP contribution < -0.4 is 5.32 Å². The summed E-state index contributed by atoms with van der Waals surface area (Å²) in [5.41, 5.74) is 4.80. The van der Waals surface area contributed by atoms with E-state index in [9.17, 15) is 4.79 Å². The van der Waals surface area contributed by atoms with Gasteiger partial charge in [-0.15, -0.1) is 11.3 Å². The molecule has 1 amide bonds. The van der Waals surface area contributed by atoms with Crippen molar-refractivity contribution in [3.8, 4) is 5.69 Å². The van der Waals surface area contributed by atoms with Gasteiger partial charge in [0.2, 0.25) is 5.91 Å². The first-order valence-corrected chi connectivity index (χ1v) is 11.9. The summed E-state index contributed by atoms with van der Waals surface area (Å²) >= 11 is 3.28. The highest BCUT2D eigenvalue weighted by molar-refractivity contribution is 7.99. The number of hydrogen-bond acceptors (Lipinski definition) is 5. The number of thioether (sulfide) groups is 1. The van der Waals surface area contributed by atoms with Gasteiger partial charge in [0.1, 0.15) is 0 Å². The van der Waals surface area contributed by atoms with Gasteiger partial charge in [0.15, 0.2) is 5.16 Å². The molecule has 0 saturated heterocycles. The van der Waals surface area contributed by atoms with E-state index in [1.54, 1.807) is 6.20 Å². The van der Waals surface area contributed by atoms with Crippen LogP contribution in [0.25, 0.3) is 5.69 Å². The number of rotatable bonds is 7. The van der Waals surface area contributed by atoms with E-state index in [4.69, 9.17) is 4.98 Å². The number of benzene rings is 1. The van der Waals surface area contributed by atoms with Crippen molar-refractivity contribution in [3.05, 3.63) is 57.3 Å². The van der Waals surface area contributed by atoms with Crippen molar-refractivity contribution in [2.45, 2.75) is 51.1 Å². The third-order valence-electron chi connectivity index (χ3n) is 4.97. The van der Waals surface area contributed by atoms with Crippen LogP contribution in [0.3, 0.4) is 0 Å². The number of thiazole rings is 1. The second-order valence-electron chi connectivity index (χ2n) is 7.50. The molecule has 4 rings (SSSR count). The number of amides is 1. The highest BCUT2D eigenvalue weighted by Crippen LogP contribution is 2.27. The minimum atomic E-state index is 0.0336. The van der Waals surface area contributed by atoms with Crippen LogP contribution in [0, 0.1) is 13.8 Å². The summed E-state index contributed by atoms with van der Waals surface area (Å²) in [6.45, 7) is 4.82. The maximum absolute atomic E-state index is 12.3. The molecule has 0 atom stereocenters. The number of aryl methyl sites for hydroxylation is 4. The van der Waals surface area contributed by atoms with Gasteiger partial charge >= 0.3 is 0 Å². The Bertz CT molecular complexity index is 964. The fourth-order valence-electron chi connectivity index (χ4n) is 3.69. The zero-order valence-corrected chi connectivity index (χ0v) is 18.5. The Labute approximate surface area is 180 Å². The van der Waals surface area contributed by atoms with E-state index in [1.807, 2.05) is 22.1 Å². The number of hydrogen-bond donors (Lipinski definition) is 1. The molecule has 0 bridgehead atoms. The predicted molar refractivity (Wildman–Crippen MR) is 119 cm³/mol. The lowest BCUT2D eigenvalue weighted by atomic mass is 10.0. The molecule has 1 aliphatic rings. The molecule has 0 saturated carbocycles. The number of imidazole rings is 1. The van der Waals surface area contributed by atoms with Crippen LogP contribution >= 0.6 is 23.1 Å². The van der Waals surface area contributed by atoms with Gasteiger partial charge < -0.3 is 5.32 Å². The Morgan fingerprint density at radius 2 is 2.00 bits per heavy atom. The molecule has 0 radical (unpaired) electrons. The zero-order valence-electron chi connectivity index (χ0n) is 16.9. The third kappa shape index (κ3) is 5.08. The average Bonchev–Trinajstić information content (AvgIpc) is 3.32. The molecule has 1 N–H and O–H groups in total. The number of fused-ring (bicyclic) bond motifs is 1. The summed E-state index contributed by atoms with van der Waals surface area (Å²) in [5, 5.41) is 5.00. The first kappa shape index (κ1) is 20.2. The number of carbonyl (C=O) groups excluding carboxylic acids is 1. The van der Waals surface area contributed by atoms with E-state index in [0.717, 1.165) is 28.7 Å². The SMILES string of the molecule is Cc1cc(C)cc(-n2ccnc2SCC(=O)NCCc2nc3c(s2)CCCC3)c1. The molecule has 2 aromatic heterocycles. The first-order valence-electron chi connectivity index (χ1n) is 10.1. The van der Waals surface area contributed by atoms with E-state index in [-0.39, 0.29) is 5.91 Å². The summed E-state index contributed by atoms with van der Waals surface area (Å²) in [6.07, 6.45) is 9.35. The van der Waals surface area contributed by atoms with Gasteiger partial charge in [0.25, 0.3) is 0 Å². The molecule has 29 heavy (non-hydrogen) atoms. The molecule has 0 fully saturated rings. The van der Waals surface area contributed by atoms with Crippen LogP contribution in [0.1, 0.15) is 39.5 Å². The smallest absolute Gasteiger partial charge is 0.230 e. The molecule has 7 heteroatoms. The normalized spacial score (nSPS) is 13.3. The van der Waals surface area contributed by atoms with Crippen molar-refractivity contribution in [1.29, 1.82) is 0 Å². The van der Waals surface area contributed by atoms with Crippen LogP contribution in [0.4, 0.5) is 0 Å². The number of aromatic nitrogens is 3. The average molecular weight is 427 g/mol. The highest BCUT2D eigenvalue weighted by atomic mass is 32.2. The van der Waals surface area contributed by atoms with Crippen LogP contribution in [0.2, 0.25) is 0 Å². The molecule has 152 valence electrons. The Morgan fingerprint density at radius 1 is 1.21 bits per heavy atom. The minimum Gasteiger partial charge on any atom is -0.355 e. The summed E-state index contributed by atoms with van der Waals surface area (Å²) in [6, 6.07) is 6.42. The Morgan fingerprint density at radius 3 is 2.79 bits per heavy atom. The Hall–Kier alpha value is -2.12. The Balaban J connectivity index is 1.28. The van der Waals surface area contributed by atoms with Crippen molar-refractivity contribution < 1.29 is 4.79 Å². The van der Waals surface area contributed by atoms with Gasteiger partial charge in [-0.3, -0.25) is 9.36 Å². The second kappa shape index (κ2) is 9.13. The molecule has 2 heterocycles. The Kier molecular flexibility index (Phi) is 6.35. The van der Waals surface area contributed by atoms with Gasteiger partial charge in [0.05, 0.1) is 16.5 Å². The molecule has 5 nitrogen and oxygen atoms in total. The summed E-state index contributed by atoms with van der Waals surface area (Å²) < 4.78 is 2.04. The van der Waals surface area contributed by atoms with Crippen LogP contribution in [-0.2, 0) is 24.1 Å². The highest BCUT2D eigenvalue weighted by Gasteiger charge is 2.15. The van der Waals surface area contributed by atoms with Crippen molar-refractivity contribution in [2.75, 3.05) is 12.3 Å². The molecular formula is C22H26N4OS2. The second-order valence-corrected chi connectivity index (χ2v) is 9.61. The predicted octanol–water partition coefficient (Wildman–Crippen LogP) is 4.28. The molecule has 3 aromatic rings. The number of carbonyl (C=O) groups is 1.